The standard InChI is InChI=1S/C20H21Cl2N3S/c21-17-2-1-13(9-18(17)22)24-14-7-12-11-26-6-5-25-19-3-4-23-10-16(19)15(8-14)20(12)25/h1-2,7-9,16,19,23-24H,3-6,10-11H2/t16-,19-/m0/s1. The molecule has 2 aromatic carbocycles. The van der Waals surface area contributed by atoms with Crippen molar-refractivity contribution in [2.24, 2.45) is 0 Å². The third-order valence-corrected chi connectivity index (χ3v) is 7.42. The smallest absolute Gasteiger partial charge is 0.0612 e. The Kier molecular flexibility index (Phi) is 4.48. The van der Waals surface area contributed by atoms with Gasteiger partial charge in [-0.05, 0) is 54.4 Å². The van der Waals surface area contributed by atoms with Crippen LogP contribution < -0.4 is 15.5 Å². The van der Waals surface area contributed by atoms with Gasteiger partial charge < -0.3 is 15.5 Å². The molecule has 0 spiro atoms. The molecule has 2 N–H and O–H groups in total. The number of anilines is 3. The highest BCUT2D eigenvalue weighted by Gasteiger charge is 2.41. The predicted molar refractivity (Wildman–Crippen MR) is 114 cm³/mol. The summed E-state index contributed by atoms with van der Waals surface area (Å²) in [4.78, 5) is 2.69. The van der Waals surface area contributed by atoms with Crippen molar-refractivity contribution in [1.29, 1.82) is 0 Å². The minimum Gasteiger partial charge on any atom is -0.367 e. The van der Waals surface area contributed by atoms with E-state index in [1.54, 1.807) is 0 Å². The topological polar surface area (TPSA) is 27.3 Å². The average molecular weight is 406 g/mol. The van der Waals surface area contributed by atoms with Gasteiger partial charge in [0.2, 0.25) is 0 Å². The molecule has 0 aromatic heterocycles. The van der Waals surface area contributed by atoms with Gasteiger partial charge in [-0.25, -0.2) is 0 Å². The van der Waals surface area contributed by atoms with E-state index in [9.17, 15) is 0 Å². The Labute approximate surface area is 168 Å². The number of hydrogen-bond acceptors (Lipinski definition) is 4. The Morgan fingerprint density at radius 2 is 2.04 bits per heavy atom. The first-order valence-electron chi connectivity index (χ1n) is 9.15. The molecule has 6 heteroatoms. The third-order valence-electron chi connectivity index (χ3n) is 5.69. The zero-order valence-electron chi connectivity index (χ0n) is 14.4. The van der Waals surface area contributed by atoms with E-state index < -0.39 is 0 Å². The molecule has 3 aliphatic heterocycles. The summed E-state index contributed by atoms with van der Waals surface area (Å²) < 4.78 is 0. The second-order valence-corrected chi connectivity index (χ2v) is 9.16. The minimum absolute atomic E-state index is 0.578. The summed E-state index contributed by atoms with van der Waals surface area (Å²) in [6.07, 6.45) is 1.24. The molecule has 3 aliphatic rings. The van der Waals surface area contributed by atoms with E-state index in [2.05, 4.69) is 27.7 Å². The number of halogens is 2. The third kappa shape index (κ3) is 2.88. The molecule has 1 fully saturated rings. The van der Waals surface area contributed by atoms with Gasteiger partial charge in [0.15, 0.2) is 0 Å². The maximum absolute atomic E-state index is 6.18. The number of rotatable bonds is 2. The average Bonchev–Trinajstić information content (AvgIpc) is 2.81. The molecular formula is C20H21Cl2N3S. The molecular weight excluding hydrogens is 385 g/mol. The first-order chi connectivity index (χ1) is 12.7. The number of nitrogens with one attached hydrogen (secondary N) is 2. The largest absolute Gasteiger partial charge is 0.367 e. The van der Waals surface area contributed by atoms with Crippen molar-refractivity contribution < 1.29 is 0 Å². The number of fused-ring (bicyclic) bond motifs is 3. The fraction of sp³-hybridized carbons (Fsp3) is 0.400. The first-order valence-corrected chi connectivity index (χ1v) is 11.1. The summed E-state index contributed by atoms with van der Waals surface area (Å²) in [7, 11) is 0. The summed E-state index contributed by atoms with van der Waals surface area (Å²) >= 11 is 14.3. The van der Waals surface area contributed by atoms with Crippen molar-refractivity contribution in [3.63, 3.8) is 0 Å². The fourth-order valence-corrected chi connectivity index (χ4v) is 5.81. The van der Waals surface area contributed by atoms with E-state index in [1.165, 1.54) is 35.5 Å². The molecule has 2 aromatic rings. The van der Waals surface area contributed by atoms with Crippen molar-refractivity contribution >= 4 is 52.0 Å². The van der Waals surface area contributed by atoms with E-state index in [-0.39, 0.29) is 0 Å². The molecule has 0 saturated carbocycles. The van der Waals surface area contributed by atoms with Gasteiger partial charge in [0.25, 0.3) is 0 Å². The highest BCUT2D eigenvalue weighted by Crippen LogP contribution is 2.48. The molecule has 1 saturated heterocycles. The summed E-state index contributed by atoms with van der Waals surface area (Å²) in [5.41, 5.74) is 6.59. The van der Waals surface area contributed by atoms with Gasteiger partial charge in [-0.15, -0.1) is 0 Å². The van der Waals surface area contributed by atoms with Crippen molar-refractivity contribution in [3.8, 4) is 0 Å². The summed E-state index contributed by atoms with van der Waals surface area (Å²) in [6, 6.07) is 11.0. The molecule has 136 valence electrons. The number of benzene rings is 2. The lowest BCUT2D eigenvalue weighted by molar-refractivity contribution is 0.406. The van der Waals surface area contributed by atoms with Crippen LogP contribution >= 0.6 is 35.0 Å². The van der Waals surface area contributed by atoms with Gasteiger partial charge in [-0.3, -0.25) is 0 Å². The normalized spacial score (nSPS) is 24.0. The maximum atomic E-state index is 6.18. The van der Waals surface area contributed by atoms with Crippen molar-refractivity contribution in [2.45, 2.75) is 24.1 Å². The molecule has 0 radical (unpaired) electrons. The molecule has 0 unspecified atom stereocenters. The first kappa shape index (κ1) is 17.1. The van der Waals surface area contributed by atoms with Gasteiger partial charge in [0.05, 0.1) is 10.0 Å². The predicted octanol–water partition coefficient (Wildman–Crippen LogP) is 5.25. The van der Waals surface area contributed by atoms with Crippen LogP contribution in [-0.4, -0.2) is 31.4 Å². The van der Waals surface area contributed by atoms with Gasteiger partial charge in [-0.1, -0.05) is 23.2 Å². The van der Waals surface area contributed by atoms with Crippen LogP contribution in [0.1, 0.15) is 23.5 Å². The van der Waals surface area contributed by atoms with Gasteiger partial charge >= 0.3 is 0 Å². The number of nitrogens with zero attached hydrogens (tertiary/aromatic N) is 1. The second kappa shape index (κ2) is 6.83. The highest BCUT2D eigenvalue weighted by molar-refractivity contribution is 7.98. The van der Waals surface area contributed by atoms with Crippen LogP contribution in [0.2, 0.25) is 10.0 Å². The molecule has 3 heterocycles. The highest BCUT2D eigenvalue weighted by atomic mass is 35.5. The van der Waals surface area contributed by atoms with Crippen molar-refractivity contribution in [2.75, 3.05) is 35.6 Å². The SMILES string of the molecule is Clc1ccc(Nc2cc3c4c(c2)[C@@H]2CNCC[C@@H]2N4CCSC3)cc1Cl. The van der Waals surface area contributed by atoms with E-state index >= 15 is 0 Å². The van der Waals surface area contributed by atoms with E-state index in [0.717, 1.165) is 30.2 Å². The molecule has 3 nitrogen and oxygen atoms in total. The van der Waals surface area contributed by atoms with Crippen LogP contribution in [0.15, 0.2) is 30.3 Å². The molecule has 0 bridgehead atoms. The van der Waals surface area contributed by atoms with Gasteiger partial charge in [0.1, 0.15) is 0 Å². The van der Waals surface area contributed by atoms with Crippen molar-refractivity contribution in [3.05, 3.63) is 51.5 Å². The Bertz CT molecular complexity index is 857. The fourth-order valence-electron chi connectivity index (χ4n) is 4.60. The quantitative estimate of drug-likeness (QED) is 0.713. The van der Waals surface area contributed by atoms with E-state index in [0.29, 0.717) is 22.0 Å². The maximum Gasteiger partial charge on any atom is 0.0612 e. The number of hydrogen-bond donors (Lipinski definition) is 2. The molecule has 0 amide bonds. The molecule has 2 atom stereocenters. The van der Waals surface area contributed by atoms with Crippen LogP contribution in [0.25, 0.3) is 0 Å². The Hall–Kier alpha value is -1.07. The molecule has 0 aliphatic carbocycles. The monoisotopic (exact) mass is 405 g/mol. The van der Waals surface area contributed by atoms with Gasteiger partial charge in [-0.2, -0.15) is 11.8 Å². The zero-order chi connectivity index (χ0) is 17.7. The zero-order valence-corrected chi connectivity index (χ0v) is 16.7. The van der Waals surface area contributed by atoms with Gasteiger partial charge in [0, 0.05) is 53.6 Å². The number of thioether (sulfide) groups is 1. The van der Waals surface area contributed by atoms with Crippen LogP contribution in [0, 0.1) is 0 Å². The molecule has 5 rings (SSSR count). The lowest BCUT2D eigenvalue weighted by Gasteiger charge is -2.33. The number of piperidine rings is 1. The van der Waals surface area contributed by atoms with E-state index in [1.807, 2.05) is 30.0 Å². The lowest BCUT2D eigenvalue weighted by Crippen LogP contribution is -2.44. The Balaban J connectivity index is 1.55. The van der Waals surface area contributed by atoms with Crippen LogP contribution in [0.3, 0.4) is 0 Å². The molecule has 26 heavy (non-hydrogen) atoms. The lowest BCUT2D eigenvalue weighted by atomic mass is 9.89. The Morgan fingerprint density at radius 1 is 1.12 bits per heavy atom. The van der Waals surface area contributed by atoms with Crippen molar-refractivity contribution in [1.82, 2.24) is 5.32 Å². The van der Waals surface area contributed by atoms with Crippen LogP contribution in [-0.2, 0) is 5.75 Å². The Morgan fingerprint density at radius 3 is 2.92 bits per heavy atom. The van der Waals surface area contributed by atoms with Crippen LogP contribution in [0.5, 0.6) is 0 Å². The van der Waals surface area contributed by atoms with Crippen LogP contribution in [0.4, 0.5) is 17.1 Å². The van der Waals surface area contributed by atoms with E-state index in [4.69, 9.17) is 23.2 Å². The summed E-state index contributed by atoms with van der Waals surface area (Å²) in [5.74, 6) is 2.89. The minimum atomic E-state index is 0.578. The summed E-state index contributed by atoms with van der Waals surface area (Å²) in [5, 5.41) is 8.30. The second-order valence-electron chi connectivity index (χ2n) is 7.24. The summed E-state index contributed by atoms with van der Waals surface area (Å²) in [6.45, 7) is 3.38.